The lowest BCUT2D eigenvalue weighted by atomic mass is 10.2. The zero-order chi connectivity index (χ0) is 24.6. The van der Waals surface area contributed by atoms with Gasteiger partial charge in [-0.05, 0) is 56.5 Å². The number of benzene rings is 1. The molecule has 4 rings (SSSR count). The zero-order valence-corrected chi connectivity index (χ0v) is 21.0. The minimum Gasteiger partial charge on any atom is -0.461 e. The van der Waals surface area contributed by atoms with Crippen LogP contribution in [-0.2, 0) is 9.53 Å². The lowest BCUT2D eigenvalue weighted by Crippen LogP contribution is -2.50. The number of hydrogen-bond acceptors (Lipinski definition) is 7. The van der Waals surface area contributed by atoms with Crippen LogP contribution in [0.5, 0.6) is 0 Å². The average molecular weight is 498 g/mol. The third kappa shape index (κ3) is 6.25. The van der Waals surface area contributed by atoms with Gasteiger partial charge in [0.15, 0.2) is 10.9 Å². The van der Waals surface area contributed by atoms with Crippen LogP contribution >= 0.6 is 11.8 Å². The maximum absolute atomic E-state index is 12.6. The number of thioether (sulfide) groups is 1. The van der Waals surface area contributed by atoms with Crippen LogP contribution in [0.2, 0.25) is 0 Å². The number of nitrogens with zero attached hydrogens (tertiary/aromatic N) is 5. The molecule has 1 aliphatic rings. The number of aryl methyl sites for hydroxylation is 1. The van der Waals surface area contributed by atoms with E-state index in [4.69, 9.17) is 9.15 Å². The molecule has 1 fully saturated rings. The number of unbranched alkanes of at least 4 members (excludes halogenated alkanes) is 1. The second-order valence-electron chi connectivity index (χ2n) is 8.33. The molecule has 0 spiro atoms. The van der Waals surface area contributed by atoms with Crippen molar-refractivity contribution in [2.45, 2.75) is 38.3 Å². The van der Waals surface area contributed by atoms with E-state index < -0.39 is 0 Å². The monoisotopic (exact) mass is 497 g/mol. The summed E-state index contributed by atoms with van der Waals surface area (Å²) in [6.07, 6.45) is 3.52. The Hall–Kier alpha value is -3.27. The Morgan fingerprint density at radius 3 is 2.57 bits per heavy atom. The van der Waals surface area contributed by atoms with Crippen LogP contribution in [-0.4, -0.2) is 75.1 Å². The minimum absolute atomic E-state index is 0.140. The summed E-state index contributed by atoms with van der Waals surface area (Å²) in [6.45, 7) is 6.37. The number of aromatic nitrogens is 3. The predicted octanol–water partition coefficient (Wildman–Crippen LogP) is 4.40. The molecule has 2 aromatic heterocycles. The van der Waals surface area contributed by atoms with E-state index in [1.807, 2.05) is 33.7 Å². The summed E-state index contributed by atoms with van der Waals surface area (Å²) in [5.41, 5.74) is 2.14. The third-order valence-electron chi connectivity index (χ3n) is 5.81. The predicted molar refractivity (Wildman–Crippen MR) is 134 cm³/mol. The van der Waals surface area contributed by atoms with Crippen molar-refractivity contribution in [2.24, 2.45) is 0 Å². The van der Waals surface area contributed by atoms with Crippen molar-refractivity contribution in [3.05, 3.63) is 48.2 Å². The summed E-state index contributed by atoms with van der Waals surface area (Å²) < 4.78 is 12.6. The number of carbonyl (C=O) groups excluding carboxylic acids is 2. The van der Waals surface area contributed by atoms with Gasteiger partial charge in [-0.15, -0.1) is 10.2 Å². The molecule has 10 heteroatoms. The Labute approximate surface area is 209 Å². The van der Waals surface area contributed by atoms with Gasteiger partial charge in [-0.3, -0.25) is 9.36 Å². The van der Waals surface area contributed by atoms with E-state index in [0.717, 1.165) is 35.0 Å². The van der Waals surface area contributed by atoms with Gasteiger partial charge < -0.3 is 19.0 Å². The molecular weight excluding hydrogens is 466 g/mol. The van der Waals surface area contributed by atoms with E-state index in [9.17, 15) is 9.59 Å². The molecule has 0 bridgehead atoms. The maximum Gasteiger partial charge on any atom is 0.409 e. The lowest BCUT2D eigenvalue weighted by molar-refractivity contribution is -0.132. The standard InChI is InChI=1S/C25H31N5O4S/c1-3-33-25(32)29-14-12-28(13-15-29)22(31)11-4-5-17-35-24-27-26-23(21-10-7-16-34-21)30(24)20-9-6-8-19(2)18-20/h6-10,16,18H,3-5,11-15,17H2,1-2H3. The van der Waals surface area contributed by atoms with Crippen LogP contribution in [0.15, 0.2) is 52.2 Å². The quantitative estimate of drug-likeness (QED) is 0.319. The number of ether oxygens (including phenoxy) is 1. The molecule has 1 aliphatic heterocycles. The number of rotatable bonds is 9. The van der Waals surface area contributed by atoms with Crippen molar-refractivity contribution in [3.63, 3.8) is 0 Å². The average Bonchev–Trinajstić information content (AvgIpc) is 3.54. The topological polar surface area (TPSA) is 93.7 Å². The van der Waals surface area contributed by atoms with Crippen molar-refractivity contribution in [3.8, 4) is 17.3 Å². The van der Waals surface area contributed by atoms with E-state index in [-0.39, 0.29) is 12.0 Å². The third-order valence-corrected chi connectivity index (χ3v) is 6.82. The Kier molecular flexibility index (Phi) is 8.46. The summed E-state index contributed by atoms with van der Waals surface area (Å²) in [5, 5.41) is 9.60. The Morgan fingerprint density at radius 1 is 1.06 bits per heavy atom. The van der Waals surface area contributed by atoms with Gasteiger partial charge in [-0.25, -0.2) is 4.79 Å². The van der Waals surface area contributed by atoms with Crippen molar-refractivity contribution in [1.29, 1.82) is 0 Å². The van der Waals surface area contributed by atoms with Gasteiger partial charge in [0.1, 0.15) is 0 Å². The fourth-order valence-electron chi connectivity index (χ4n) is 3.98. The van der Waals surface area contributed by atoms with E-state index in [1.165, 1.54) is 0 Å². The van der Waals surface area contributed by atoms with E-state index >= 15 is 0 Å². The molecule has 0 saturated carbocycles. The molecule has 3 aromatic rings. The van der Waals surface area contributed by atoms with Gasteiger partial charge in [-0.1, -0.05) is 23.9 Å². The van der Waals surface area contributed by atoms with E-state index in [2.05, 4.69) is 29.3 Å². The summed E-state index contributed by atoms with van der Waals surface area (Å²) in [6, 6.07) is 11.9. The van der Waals surface area contributed by atoms with Crippen LogP contribution in [0.4, 0.5) is 4.79 Å². The highest BCUT2D eigenvalue weighted by Gasteiger charge is 2.24. The number of carbonyl (C=O) groups is 2. The van der Waals surface area contributed by atoms with Crippen LogP contribution in [0.3, 0.4) is 0 Å². The fraction of sp³-hybridized carbons (Fsp3) is 0.440. The molecule has 186 valence electrons. The largest absolute Gasteiger partial charge is 0.461 e. The fourth-order valence-corrected chi connectivity index (χ4v) is 4.93. The van der Waals surface area contributed by atoms with Crippen LogP contribution in [0.25, 0.3) is 17.3 Å². The molecule has 35 heavy (non-hydrogen) atoms. The van der Waals surface area contributed by atoms with Gasteiger partial charge in [-0.2, -0.15) is 0 Å². The number of piperazine rings is 1. The minimum atomic E-state index is -0.301. The normalized spacial score (nSPS) is 13.8. The molecule has 1 saturated heterocycles. The van der Waals surface area contributed by atoms with Gasteiger partial charge in [0.2, 0.25) is 11.7 Å². The lowest BCUT2D eigenvalue weighted by Gasteiger charge is -2.34. The Bertz CT molecular complexity index is 1120. The first-order valence-corrected chi connectivity index (χ1v) is 12.9. The summed E-state index contributed by atoms with van der Waals surface area (Å²) >= 11 is 1.63. The van der Waals surface area contributed by atoms with Gasteiger partial charge in [0.25, 0.3) is 0 Å². The molecule has 0 N–H and O–H groups in total. The van der Waals surface area contributed by atoms with Gasteiger partial charge >= 0.3 is 6.09 Å². The first-order valence-electron chi connectivity index (χ1n) is 12.0. The first kappa shape index (κ1) is 24.8. The molecule has 2 amide bonds. The highest BCUT2D eigenvalue weighted by Crippen LogP contribution is 2.29. The molecule has 3 heterocycles. The Balaban J connectivity index is 1.28. The van der Waals surface area contributed by atoms with Crippen molar-refractivity contribution >= 4 is 23.8 Å². The highest BCUT2D eigenvalue weighted by atomic mass is 32.2. The molecule has 0 atom stereocenters. The van der Waals surface area contributed by atoms with Crippen molar-refractivity contribution in [1.82, 2.24) is 24.6 Å². The zero-order valence-electron chi connectivity index (χ0n) is 20.2. The summed E-state index contributed by atoms with van der Waals surface area (Å²) in [4.78, 5) is 27.9. The number of amides is 2. The van der Waals surface area contributed by atoms with Crippen LogP contribution in [0.1, 0.15) is 31.7 Å². The molecule has 0 unspecified atom stereocenters. The summed E-state index contributed by atoms with van der Waals surface area (Å²) in [7, 11) is 0. The SMILES string of the molecule is CCOC(=O)N1CCN(C(=O)CCCCSc2nnc(-c3ccco3)n2-c2cccc(C)c2)CC1. The van der Waals surface area contributed by atoms with Crippen LogP contribution < -0.4 is 0 Å². The van der Waals surface area contributed by atoms with E-state index in [0.29, 0.717) is 50.8 Å². The molecule has 0 aliphatic carbocycles. The maximum atomic E-state index is 12.6. The molecule has 9 nitrogen and oxygen atoms in total. The van der Waals surface area contributed by atoms with Gasteiger partial charge in [0.05, 0.1) is 18.6 Å². The van der Waals surface area contributed by atoms with E-state index in [1.54, 1.807) is 29.8 Å². The second-order valence-corrected chi connectivity index (χ2v) is 9.39. The second kappa shape index (κ2) is 11.9. The smallest absolute Gasteiger partial charge is 0.409 e. The summed E-state index contributed by atoms with van der Waals surface area (Å²) in [5.74, 6) is 2.30. The van der Waals surface area contributed by atoms with Crippen molar-refractivity contribution in [2.75, 3.05) is 38.5 Å². The molecule has 1 aromatic carbocycles. The highest BCUT2D eigenvalue weighted by molar-refractivity contribution is 7.99. The first-order chi connectivity index (χ1) is 17.1. The molecular formula is C25H31N5O4S. The van der Waals surface area contributed by atoms with Gasteiger partial charge in [0, 0.05) is 38.4 Å². The Morgan fingerprint density at radius 2 is 1.86 bits per heavy atom. The number of furan rings is 1. The van der Waals surface area contributed by atoms with Crippen molar-refractivity contribution < 1.29 is 18.7 Å². The van der Waals surface area contributed by atoms with Crippen LogP contribution in [0, 0.1) is 6.92 Å². The molecule has 0 radical (unpaired) electrons. The number of hydrogen-bond donors (Lipinski definition) is 0.